The maximum absolute atomic E-state index is 12.5. The number of sulfonamides is 1. The van der Waals surface area contributed by atoms with Gasteiger partial charge >= 0.3 is 0 Å². The summed E-state index contributed by atoms with van der Waals surface area (Å²) >= 11 is 0. The smallest absolute Gasteiger partial charge is 0.261 e. The van der Waals surface area contributed by atoms with Crippen LogP contribution < -0.4 is 10.0 Å². The minimum absolute atomic E-state index is 0.287. The lowest BCUT2D eigenvalue weighted by Crippen LogP contribution is -2.19. The van der Waals surface area contributed by atoms with E-state index in [4.69, 9.17) is 0 Å². The quantitative estimate of drug-likeness (QED) is 0.650. The van der Waals surface area contributed by atoms with Crippen LogP contribution in [0.2, 0.25) is 0 Å². The van der Waals surface area contributed by atoms with E-state index in [1.54, 1.807) is 12.1 Å². The molecular weight excluding hydrogens is 344 g/mol. The van der Waals surface area contributed by atoms with E-state index in [0.717, 1.165) is 31.0 Å². The van der Waals surface area contributed by atoms with Gasteiger partial charge in [0.05, 0.1) is 4.90 Å². The van der Waals surface area contributed by atoms with Gasteiger partial charge in [-0.1, -0.05) is 38.1 Å². The summed E-state index contributed by atoms with van der Waals surface area (Å²) in [7, 11) is -3.55. The molecule has 3 rings (SSSR count). The molecule has 0 spiro atoms. The van der Waals surface area contributed by atoms with Crippen LogP contribution in [0.25, 0.3) is 0 Å². The van der Waals surface area contributed by atoms with Gasteiger partial charge in [-0.25, -0.2) is 8.42 Å². The lowest BCUT2D eigenvalue weighted by molar-refractivity contribution is 0.601. The van der Waals surface area contributed by atoms with Crippen molar-refractivity contribution in [1.82, 2.24) is 5.32 Å². The lowest BCUT2D eigenvalue weighted by atomic mass is 10.0. The molecule has 0 atom stereocenters. The summed E-state index contributed by atoms with van der Waals surface area (Å²) in [5.41, 5.74) is 2.92. The summed E-state index contributed by atoms with van der Waals surface area (Å²) in [5, 5.41) is 3.47. The zero-order valence-electron chi connectivity index (χ0n) is 15.5. The second-order valence-corrected chi connectivity index (χ2v) is 9.11. The second kappa shape index (κ2) is 8.23. The molecule has 2 aromatic carbocycles. The van der Waals surface area contributed by atoms with Gasteiger partial charge in [-0.05, 0) is 79.6 Å². The zero-order valence-corrected chi connectivity index (χ0v) is 16.4. The Morgan fingerprint density at radius 2 is 1.65 bits per heavy atom. The van der Waals surface area contributed by atoms with E-state index in [1.165, 1.54) is 18.4 Å². The van der Waals surface area contributed by atoms with Crippen molar-refractivity contribution in [3.05, 3.63) is 59.7 Å². The Labute approximate surface area is 157 Å². The number of hydrogen-bond donors (Lipinski definition) is 2. The fourth-order valence-corrected chi connectivity index (χ4v) is 3.90. The molecule has 0 radical (unpaired) electrons. The van der Waals surface area contributed by atoms with Crippen LogP contribution in [0.3, 0.4) is 0 Å². The Bertz CT molecular complexity index is 808. The zero-order chi connectivity index (χ0) is 18.6. The third kappa shape index (κ3) is 5.32. The second-order valence-electron chi connectivity index (χ2n) is 7.42. The van der Waals surface area contributed by atoms with Gasteiger partial charge in [0.15, 0.2) is 0 Å². The standard InChI is InChI=1S/C21H28N2O2S/c1-16(2)19-7-11-21(12-8-19)26(24,25)23-20-9-5-17(6-10-20)13-14-22-15-18-3-4-18/h5-12,16,18,22-23H,3-4,13-15H2,1-2H3. The first kappa shape index (κ1) is 18.9. The van der Waals surface area contributed by atoms with Crippen LogP contribution >= 0.6 is 0 Å². The van der Waals surface area contributed by atoms with Crippen molar-refractivity contribution in [2.45, 2.75) is 43.9 Å². The fraction of sp³-hybridized carbons (Fsp3) is 0.429. The maximum atomic E-state index is 12.5. The molecule has 140 valence electrons. The van der Waals surface area contributed by atoms with E-state index in [2.05, 4.69) is 23.9 Å². The van der Waals surface area contributed by atoms with Crippen LogP contribution in [0, 0.1) is 5.92 Å². The van der Waals surface area contributed by atoms with Crippen molar-refractivity contribution in [1.29, 1.82) is 0 Å². The van der Waals surface area contributed by atoms with E-state index >= 15 is 0 Å². The van der Waals surface area contributed by atoms with Crippen LogP contribution in [0.5, 0.6) is 0 Å². The average Bonchev–Trinajstić information content (AvgIpc) is 3.44. The minimum Gasteiger partial charge on any atom is -0.316 e. The van der Waals surface area contributed by atoms with Gasteiger partial charge in [-0.15, -0.1) is 0 Å². The van der Waals surface area contributed by atoms with Crippen molar-refractivity contribution in [2.24, 2.45) is 5.92 Å². The SMILES string of the molecule is CC(C)c1ccc(S(=O)(=O)Nc2ccc(CCNCC3CC3)cc2)cc1. The number of benzene rings is 2. The predicted molar refractivity (Wildman–Crippen MR) is 107 cm³/mol. The van der Waals surface area contributed by atoms with E-state index in [0.29, 0.717) is 11.6 Å². The van der Waals surface area contributed by atoms with Gasteiger partial charge < -0.3 is 5.32 Å². The van der Waals surface area contributed by atoms with Crippen molar-refractivity contribution < 1.29 is 8.42 Å². The highest BCUT2D eigenvalue weighted by atomic mass is 32.2. The Kier molecular flexibility index (Phi) is 5.99. The first-order chi connectivity index (χ1) is 12.4. The third-order valence-electron chi connectivity index (χ3n) is 4.78. The van der Waals surface area contributed by atoms with Gasteiger partial charge in [0, 0.05) is 5.69 Å². The summed E-state index contributed by atoms with van der Waals surface area (Å²) in [4.78, 5) is 0.287. The van der Waals surface area contributed by atoms with Crippen LogP contribution in [0.1, 0.15) is 43.7 Å². The summed E-state index contributed by atoms with van der Waals surface area (Å²) in [6.07, 6.45) is 3.68. The van der Waals surface area contributed by atoms with Gasteiger partial charge in [0.2, 0.25) is 0 Å². The van der Waals surface area contributed by atoms with Crippen LogP contribution in [-0.4, -0.2) is 21.5 Å². The van der Waals surface area contributed by atoms with E-state index < -0.39 is 10.0 Å². The molecule has 1 aliphatic carbocycles. The summed E-state index contributed by atoms with van der Waals surface area (Å²) < 4.78 is 27.7. The molecule has 1 aliphatic rings. The highest BCUT2D eigenvalue weighted by Gasteiger charge is 2.20. The molecule has 0 heterocycles. The van der Waals surface area contributed by atoms with E-state index in [1.807, 2.05) is 36.4 Å². The first-order valence-electron chi connectivity index (χ1n) is 9.36. The summed E-state index contributed by atoms with van der Waals surface area (Å²) in [5.74, 6) is 1.27. The van der Waals surface area contributed by atoms with Crippen LogP contribution in [0.15, 0.2) is 53.4 Å². The third-order valence-corrected chi connectivity index (χ3v) is 6.18. The van der Waals surface area contributed by atoms with Crippen molar-refractivity contribution in [3.8, 4) is 0 Å². The number of anilines is 1. The molecule has 1 saturated carbocycles. The van der Waals surface area contributed by atoms with Gasteiger partial charge in [0.1, 0.15) is 0 Å². The lowest BCUT2D eigenvalue weighted by Gasteiger charge is -2.11. The maximum Gasteiger partial charge on any atom is 0.261 e. The topological polar surface area (TPSA) is 58.2 Å². The first-order valence-corrected chi connectivity index (χ1v) is 10.8. The molecule has 2 aromatic rings. The molecular formula is C21H28N2O2S. The summed E-state index contributed by atoms with van der Waals surface area (Å²) in [6.45, 7) is 6.26. The number of rotatable bonds is 9. The van der Waals surface area contributed by atoms with Gasteiger partial charge in [-0.3, -0.25) is 4.72 Å². The molecule has 1 fully saturated rings. The fourth-order valence-electron chi connectivity index (χ4n) is 2.85. The summed E-state index contributed by atoms with van der Waals surface area (Å²) in [6, 6.07) is 14.7. The van der Waals surface area contributed by atoms with Crippen LogP contribution in [0.4, 0.5) is 5.69 Å². The van der Waals surface area contributed by atoms with E-state index in [9.17, 15) is 8.42 Å². The Morgan fingerprint density at radius 3 is 2.23 bits per heavy atom. The minimum atomic E-state index is -3.55. The highest BCUT2D eigenvalue weighted by molar-refractivity contribution is 7.92. The molecule has 5 heteroatoms. The predicted octanol–water partition coefficient (Wildman–Crippen LogP) is 4.15. The van der Waals surface area contributed by atoms with Crippen LogP contribution in [-0.2, 0) is 16.4 Å². The molecule has 0 bridgehead atoms. The molecule has 0 unspecified atom stereocenters. The molecule has 26 heavy (non-hydrogen) atoms. The Morgan fingerprint density at radius 1 is 1.00 bits per heavy atom. The monoisotopic (exact) mass is 372 g/mol. The van der Waals surface area contributed by atoms with Crippen molar-refractivity contribution in [3.63, 3.8) is 0 Å². The highest BCUT2D eigenvalue weighted by Crippen LogP contribution is 2.27. The largest absolute Gasteiger partial charge is 0.316 e. The molecule has 0 saturated heterocycles. The van der Waals surface area contributed by atoms with Gasteiger partial charge in [-0.2, -0.15) is 0 Å². The molecule has 2 N–H and O–H groups in total. The number of hydrogen-bond acceptors (Lipinski definition) is 3. The number of nitrogens with one attached hydrogen (secondary N) is 2. The average molecular weight is 373 g/mol. The normalized spacial score (nSPS) is 14.6. The van der Waals surface area contributed by atoms with E-state index in [-0.39, 0.29) is 4.90 Å². The molecule has 0 amide bonds. The van der Waals surface area contributed by atoms with Crippen molar-refractivity contribution in [2.75, 3.05) is 17.8 Å². The Hall–Kier alpha value is -1.85. The molecule has 0 aliphatic heterocycles. The molecule has 0 aromatic heterocycles. The van der Waals surface area contributed by atoms with Crippen molar-refractivity contribution >= 4 is 15.7 Å². The van der Waals surface area contributed by atoms with Gasteiger partial charge in [0.25, 0.3) is 10.0 Å². The Balaban J connectivity index is 1.56. The molecule has 4 nitrogen and oxygen atoms in total.